The molecule has 6 aromatic carbocycles. The normalized spacial score (nSPS) is 22.9. The van der Waals surface area contributed by atoms with Crippen LogP contribution in [0.4, 0.5) is 52.7 Å². The number of hydrogen-bond donors (Lipinski definition) is 2. The second-order valence-corrected chi connectivity index (χ2v) is 20.5. The summed E-state index contributed by atoms with van der Waals surface area (Å²) in [4.78, 5) is 0. The maximum Gasteiger partial charge on any atom is 0.416 e. The van der Waals surface area contributed by atoms with E-state index in [9.17, 15) is 57.9 Å². The summed E-state index contributed by atoms with van der Waals surface area (Å²) in [6, 6.07) is 41.7. The number of halogens is 12. The Morgan fingerprint density at radius 3 is 1.15 bits per heavy atom. The number of hydroxylamine groups is 2. The lowest BCUT2D eigenvalue weighted by atomic mass is 9.55. The first-order valence-electron chi connectivity index (χ1n) is 24.2. The van der Waals surface area contributed by atoms with E-state index in [4.69, 9.17) is 9.47 Å². The Bertz CT molecular complexity index is 2730. The average molecular weight is 1060 g/mol. The molecule has 402 valence electrons. The van der Waals surface area contributed by atoms with Crippen molar-refractivity contribution in [1.29, 1.82) is 0 Å². The van der Waals surface area contributed by atoms with E-state index in [1.807, 2.05) is 128 Å². The van der Waals surface area contributed by atoms with Gasteiger partial charge in [0.2, 0.25) is 0 Å². The summed E-state index contributed by atoms with van der Waals surface area (Å²) in [6.07, 6.45) is -19.3. The molecule has 0 aliphatic heterocycles. The van der Waals surface area contributed by atoms with Crippen LogP contribution in [0.25, 0.3) is 0 Å². The van der Waals surface area contributed by atoms with E-state index >= 15 is 0 Å². The Morgan fingerprint density at radius 1 is 0.480 bits per heavy atom. The predicted octanol–water partition coefficient (Wildman–Crippen LogP) is 16.3. The maximum atomic E-state index is 13.3. The van der Waals surface area contributed by atoms with Crippen molar-refractivity contribution in [2.45, 2.75) is 125 Å². The molecular weight excluding hydrogens is 1000 g/mol. The molecule has 2 atom stereocenters. The number of nitrogens with one attached hydrogen (secondary N) is 1. The van der Waals surface area contributed by atoms with Crippen molar-refractivity contribution in [2.75, 3.05) is 13.2 Å². The van der Waals surface area contributed by atoms with Crippen LogP contribution in [0.1, 0.15) is 121 Å². The van der Waals surface area contributed by atoms with Gasteiger partial charge in [-0.2, -0.15) is 57.7 Å². The fourth-order valence-electron chi connectivity index (χ4n) is 10.6. The van der Waals surface area contributed by atoms with E-state index in [2.05, 4.69) is 12.2 Å². The van der Waals surface area contributed by atoms with Crippen molar-refractivity contribution in [3.05, 3.63) is 213 Å². The Labute approximate surface area is 428 Å². The Morgan fingerprint density at radius 2 is 0.800 bits per heavy atom. The van der Waals surface area contributed by atoms with Crippen molar-refractivity contribution in [3.63, 3.8) is 0 Å². The van der Waals surface area contributed by atoms with E-state index in [1.54, 1.807) is 0 Å². The summed E-state index contributed by atoms with van der Waals surface area (Å²) in [6.45, 7) is 8.18. The highest BCUT2D eigenvalue weighted by Crippen LogP contribution is 2.54. The number of ether oxygens (including phenoxy) is 2. The summed E-state index contributed by atoms with van der Waals surface area (Å²) in [5.41, 5.74) is -3.53. The summed E-state index contributed by atoms with van der Waals surface area (Å²) in [5, 5.41) is 15.8. The highest BCUT2D eigenvalue weighted by Gasteiger charge is 2.56. The van der Waals surface area contributed by atoms with Gasteiger partial charge in [-0.3, -0.25) is 0 Å². The van der Waals surface area contributed by atoms with Gasteiger partial charge in [-0.25, -0.2) is 0 Å². The van der Waals surface area contributed by atoms with E-state index in [0.717, 1.165) is 34.4 Å². The molecule has 17 heteroatoms. The quantitative estimate of drug-likeness (QED) is 0.0747. The highest BCUT2D eigenvalue weighted by molar-refractivity contribution is 5.38. The second kappa shape index (κ2) is 22.1. The second-order valence-electron chi connectivity index (χ2n) is 20.5. The minimum atomic E-state index is -4.93. The Hall–Kier alpha value is -5.72. The monoisotopic (exact) mass is 1060 g/mol. The van der Waals surface area contributed by atoms with Crippen molar-refractivity contribution >= 4 is 0 Å². The van der Waals surface area contributed by atoms with Crippen LogP contribution in [0, 0.1) is 0 Å². The lowest BCUT2D eigenvalue weighted by Crippen LogP contribution is -2.62. The fourth-order valence-corrected chi connectivity index (χ4v) is 10.6. The van der Waals surface area contributed by atoms with Crippen molar-refractivity contribution in [1.82, 2.24) is 10.4 Å². The third-order valence-corrected chi connectivity index (χ3v) is 14.4. The molecule has 0 amide bonds. The van der Waals surface area contributed by atoms with Crippen LogP contribution in [0.3, 0.4) is 0 Å². The van der Waals surface area contributed by atoms with Gasteiger partial charge in [-0.1, -0.05) is 121 Å². The van der Waals surface area contributed by atoms with Gasteiger partial charge in [0, 0.05) is 35.0 Å². The summed E-state index contributed by atoms with van der Waals surface area (Å²) < 4.78 is 172. The molecular formula is C58H58F12N2O3. The van der Waals surface area contributed by atoms with Crippen LogP contribution < -0.4 is 5.32 Å². The van der Waals surface area contributed by atoms with Gasteiger partial charge in [0.25, 0.3) is 0 Å². The van der Waals surface area contributed by atoms with Gasteiger partial charge in [0.05, 0.1) is 47.7 Å². The molecule has 2 saturated carbocycles. The smallest absolute Gasteiger partial charge is 0.373 e. The molecule has 75 heavy (non-hydrogen) atoms. The highest BCUT2D eigenvalue weighted by atomic mass is 19.4. The Balaban J connectivity index is 0.000000219. The molecule has 0 aromatic heterocycles. The average Bonchev–Trinajstić information content (AvgIpc) is 3.35. The molecule has 2 fully saturated rings. The molecule has 0 radical (unpaired) electrons. The number of rotatable bonds is 16. The summed E-state index contributed by atoms with van der Waals surface area (Å²) in [7, 11) is 0. The molecule has 0 spiro atoms. The molecule has 2 aliphatic carbocycles. The number of hydrogen-bond acceptors (Lipinski definition) is 5. The number of alkyl halides is 12. The Kier molecular flexibility index (Phi) is 16.8. The topological polar surface area (TPSA) is 54.0 Å². The van der Waals surface area contributed by atoms with Gasteiger partial charge in [-0.05, 0) is 123 Å². The van der Waals surface area contributed by atoms with Gasteiger partial charge in [0.1, 0.15) is 0 Å². The lowest BCUT2D eigenvalue weighted by molar-refractivity contribution is -0.227. The SMILES string of the molecule is C[C@@H](OCC1(c2ccccc2)CC(C)(N(O)Cc2ccccc2)C1)c1cc(C(F)(F)F)cc(C(F)(F)F)c1.C[C@@H](OCC1(c2ccccc2)CC(C)(NCc2ccccc2)C1)c1cc(C(F)(F)F)cc(C(F)(F)F)c1. The molecule has 5 nitrogen and oxygen atoms in total. The first-order valence-corrected chi connectivity index (χ1v) is 24.2. The van der Waals surface area contributed by atoms with Crippen LogP contribution >= 0.6 is 0 Å². The van der Waals surface area contributed by atoms with E-state index < -0.39 is 75.5 Å². The molecule has 6 aromatic rings. The number of nitrogens with zero attached hydrogens (tertiary/aromatic N) is 1. The predicted molar refractivity (Wildman–Crippen MR) is 260 cm³/mol. The zero-order valence-corrected chi connectivity index (χ0v) is 41.6. The van der Waals surface area contributed by atoms with Crippen LogP contribution in [-0.4, -0.2) is 34.6 Å². The van der Waals surface area contributed by atoms with Gasteiger partial charge >= 0.3 is 24.7 Å². The standard InChI is InChI=1S/C29H29F6NO2.C29H29F6NO/c1-20(22-13-24(28(30,31)32)15-25(14-22)29(33,34)35)38-19-27(23-11-7-4-8-12-23)17-26(2,18-27)36(37)16-21-9-5-3-6-10-21;1-20(22-13-24(28(30,31)32)15-25(14-22)29(33,34)35)37-19-27(23-11-7-4-8-12-23)17-26(2,18-27)36-16-21-9-5-3-6-10-21/h3-15,20,37H,16-19H2,1-2H3;3-15,20,36H,16-19H2,1-2H3/t2*20-,26?,27?/m11/s1. The zero-order chi connectivity index (χ0) is 54.7. The maximum absolute atomic E-state index is 13.3. The zero-order valence-electron chi connectivity index (χ0n) is 41.6. The van der Waals surface area contributed by atoms with Crippen molar-refractivity contribution in [3.8, 4) is 0 Å². The first kappa shape index (κ1) is 57.0. The molecule has 2 N–H and O–H groups in total. The third kappa shape index (κ3) is 14.0. The largest absolute Gasteiger partial charge is 0.416 e. The van der Waals surface area contributed by atoms with E-state index in [-0.39, 0.29) is 42.0 Å². The summed E-state index contributed by atoms with van der Waals surface area (Å²) >= 11 is 0. The first-order chi connectivity index (χ1) is 35.0. The summed E-state index contributed by atoms with van der Waals surface area (Å²) in [5.74, 6) is 0. The van der Waals surface area contributed by atoms with Gasteiger partial charge < -0.3 is 20.0 Å². The minimum absolute atomic E-state index is 0.0601. The van der Waals surface area contributed by atoms with Crippen molar-refractivity contribution in [2.24, 2.45) is 0 Å². The minimum Gasteiger partial charge on any atom is -0.373 e. The molecule has 8 rings (SSSR count). The van der Waals surface area contributed by atoms with Crippen molar-refractivity contribution < 1.29 is 67.4 Å². The number of benzene rings is 6. The molecule has 2 aliphatic rings. The molecule has 0 saturated heterocycles. The molecule has 0 bridgehead atoms. The third-order valence-electron chi connectivity index (χ3n) is 14.4. The van der Waals surface area contributed by atoms with Crippen LogP contribution in [-0.2, 0) is 58.1 Å². The van der Waals surface area contributed by atoms with Gasteiger partial charge in [0.15, 0.2) is 0 Å². The molecule has 0 unspecified atom stereocenters. The van der Waals surface area contributed by atoms with Crippen LogP contribution in [0.5, 0.6) is 0 Å². The molecule has 0 heterocycles. The van der Waals surface area contributed by atoms with E-state index in [0.29, 0.717) is 50.9 Å². The lowest BCUT2D eigenvalue weighted by Gasteiger charge is -2.57. The van der Waals surface area contributed by atoms with Crippen LogP contribution in [0.15, 0.2) is 158 Å². The van der Waals surface area contributed by atoms with Gasteiger partial charge in [-0.15, -0.1) is 0 Å². The van der Waals surface area contributed by atoms with Crippen LogP contribution in [0.2, 0.25) is 0 Å². The van der Waals surface area contributed by atoms with E-state index in [1.165, 1.54) is 18.9 Å². The fraction of sp³-hybridized carbons (Fsp3) is 0.379.